The highest BCUT2D eigenvalue weighted by Crippen LogP contribution is 2.26. The topological polar surface area (TPSA) is 116 Å². The SMILES string of the molecule is COc1ccc(C(=O)NC(C(=O)O)C(C)O)cc1O. The molecule has 104 valence electrons. The van der Waals surface area contributed by atoms with Crippen LogP contribution >= 0.6 is 0 Å². The van der Waals surface area contributed by atoms with Crippen molar-refractivity contribution >= 4 is 11.9 Å². The highest BCUT2D eigenvalue weighted by atomic mass is 16.5. The minimum absolute atomic E-state index is 0.0604. The van der Waals surface area contributed by atoms with Crippen molar-refractivity contribution in [2.24, 2.45) is 0 Å². The lowest BCUT2D eigenvalue weighted by atomic mass is 10.1. The summed E-state index contributed by atoms with van der Waals surface area (Å²) in [5.41, 5.74) is 0.0604. The molecule has 7 nitrogen and oxygen atoms in total. The van der Waals surface area contributed by atoms with Gasteiger partial charge >= 0.3 is 5.97 Å². The summed E-state index contributed by atoms with van der Waals surface area (Å²) in [7, 11) is 1.36. The van der Waals surface area contributed by atoms with Crippen LogP contribution < -0.4 is 10.1 Å². The lowest BCUT2D eigenvalue weighted by Gasteiger charge is -2.17. The van der Waals surface area contributed by atoms with Crippen molar-refractivity contribution in [1.82, 2.24) is 5.32 Å². The van der Waals surface area contributed by atoms with E-state index in [4.69, 9.17) is 9.84 Å². The number of aliphatic carboxylic acids is 1. The average molecular weight is 269 g/mol. The van der Waals surface area contributed by atoms with Crippen molar-refractivity contribution in [3.05, 3.63) is 23.8 Å². The molecule has 7 heteroatoms. The third-order valence-electron chi connectivity index (χ3n) is 2.48. The van der Waals surface area contributed by atoms with E-state index in [0.29, 0.717) is 0 Å². The van der Waals surface area contributed by atoms with Crippen molar-refractivity contribution in [2.45, 2.75) is 19.1 Å². The van der Waals surface area contributed by atoms with Crippen LogP contribution in [0.2, 0.25) is 0 Å². The molecule has 1 rings (SSSR count). The molecule has 2 atom stereocenters. The van der Waals surface area contributed by atoms with Crippen LogP contribution in [-0.4, -0.2) is 46.5 Å². The maximum atomic E-state index is 11.8. The van der Waals surface area contributed by atoms with Gasteiger partial charge in [0, 0.05) is 5.56 Å². The van der Waals surface area contributed by atoms with Gasteiger partial charge in [-0.05, 0) is 25.1 Å². The number of rotatable bonds is 5. The summed E-state index contributed by atoms with van der Waals surface area (Å²) >= 11 is 0. The Morgan fingerprint density at radius 3 is 2.42 bits per heavy atom. The summed E-state index contributed by atoms with van der Waals surface area (Å²) in [6.07, 6.45) is -1.24. The second kappa shape index (κ2) is 6.05. The summed E-state index contributed by atoms with van der Waals surface area (Å²) in [5.74, 6) is -2.10. The van der Waals surface area contributed by atoms with Gasteiger partial charge in [0.05, 0.1) is 13.2 Å². The van der Waals surface area contributed by atoms with Gasteiger partial charge in [-0.1, -0.05) is 0 Å². The molecule has 0 saturated carbocycles. The molecule has 2 unspecified atom stereocenters. The van der Waals surface area contributed by atoms with Crippen molar-refractivity contribution < 1.29 is 29.6 Å². The van der Waals surface area contributed by atoms with Crippen LogP contribution in [0.5, 0.6) is 11.5 Å². The number of carboxylic acid groups (broad SMARTS) is 1. The number of phenolic OH excluding ortho intramolecular Hbond substituents is 1. The van der Waals surface area contributed by atoms with E-state index in [1.807, 2.05) is 0 Å². The fourth-order valence-electron chi connectivity index (χ4n) is 1.44. The first-order chi connectivity index (χ1) is 8.86. The van der Waals surface area contributed by atoms with Crippen molar-refractivity contribution in [3.8, 4) is 11.5 Å². The number of hydrogen-bond donors (Lipinski definition) is 4. The number of amides is 1. The van der Waals surface area contributed by atoms with Crippen molar-refractivity contribution in [3.63, 3.8) is 0 Å². The second-order valence-corrected chi connectivity index (χ2v) is 3.92. The minimum Gasteiger partial charge on any atom is -0.504 e. The quantitative estimate of drug-likeness (QED) is 0.596. The summed E-state index contributed by atoms with van der Waals surface area (Å²) in [6.45, 7) is 1.25. The molecule has 0 radical (unpaired) electrons. The molecule has 0 aliphatic rings. The molecule has 0 aliphatic carbocycles. The molecule has 4 N–H and O–H groups in total. The smallest absolute Gasteiger partial charge is 0.328 e. The van der Waals surface area contributed by atoms with Crippen LogP contribution in [0.4, 0.5) is 0 Å². The Hall–Kier alpha value is -2.28. The highest BCUT2D eigenvalue weighted by Gasteiger charge is 2.25. The molecule has 0 fully saturated rings. The third-order valence-corrected chi connectivity index (χ3v) is 2.48. The molecular weight excluding hydrogens is 254 g/mol. The van der Waals surface area contributed by atoms with Crippen LogP contribution in [0.25, 0.3) is 0 Å². The Kier molecular flexibility index (Phi) is 4.71. The predicted octanol–water partition coefficient (Wildman–Crippen LogP) is -0.0354. The molecule has 0 spiro atoms. The van der Waals surface area contributed by atoms with Gasteiger partial charge in [-0.25, -0.2) is 4.79 Å². The van der Waals surface area contributed by atoms with E-state index in [0.717, 1.165) is 6.07 Å². The number of carbonyl (C=O) groups is 2. The molecule has 19 heavy (non-hydrogen) atoms. The van der Waals surface area contributed by atoms with E-state index in [9.17, 15) is 19.8 Å². The van der Waals surface area contributed by atoms with E-state index >= 15 is 0 Å². The molecule has 1 aromatic carbocycles. The maximum absolute atomic E-state index is 11.8. The molecule has 0 bridgehead atoms. The Balaban J connectivity index is 2.89. The lowest BCUT2D eigenvalue weighted by molar-refractivity contribution is -0.141. The molecule has 1 amide bonds. The largest absolute Gasteiger partial charge is 0.504 e. The predicted molar refractivity (Wildman–Crippen MR) is 65.2 cm³/mol. The second-order valence-electron chi connectivity index (χ2n) is 3.92. The van der Waals surface area contributed by atoms with E-state index in [-0.39, 0.29) is 17.1 Å². The number of aliphatic hydroxyl groups excluding tert-OH is 1. The molecule has 0 saturated heterocycles. The first kappa shape index (κ1) is 14.8. The van der Waals surface area contributed by atoms with Crippen molar-refractivity contribution in [1.29, 1.82) is 0 Å². The number of methoxy groups -OCH3 is 1. The van der Waals surface area contributed by atoms with Gasteiger partial charge in [0.25, 0.3) is 5.91 Å². The number of benzene rings is 1. The monoisotopic (exact) mass is 269 g/mol. The number of ether oxygens (including phenoxy) is 1. The first-order valence-corrected chi connectivity index (χ1v) is 5.45. The summed E-state index contributed by atoms with van der Waals surface area (Å²) in [5, 5.41) is 29.8. The molecule has 0 heterocycles. The van der Waals surface area contributed by atoms with Crippen LogP contribution in [-0.2, 0) is 4.79 Å². The van der Waals surface area contributed by atoms with E-state index in [1.165, 1.54) is 26.2 Å². The number of hydrogen-bond acceptors (Lipinski definition) is 5. The van der Waals surface area contributed by atoms with E-state index in [2.05, 4.69) is 5.32 Å². The van der Waals surface area contributed by atoms with Crippen molar-refractivity contribution in [2.75, 3.05) is 7.11 Å². The maximum Gasteiger partial charge on any atom is 0.328 e. The Morgan fingerprint density at radius 2 is 2.00 bits per heavy atom. The van der Waals surface area contributed by atoms with E-state index in [1.54, 1.807) is 0 Å². The van der Waals surface area contributed by atoms with Gasteiger partial charge in [-0.2, -0.15) is 0 Å². The fraction of sp³-hybridized carbons (Fsp3) is 0.333. The number of nitrogens with one attached hydrogen (secondary N) is 1. The standard InChI is InChI=1S/C12H15NO6/c1-6(14)10(12(17)18)13-11(16)7-3-4-9(19-2)8(15)5-7/h3-6,10,14-15H,1-2H3,(H,13,16)(H,17,18). The summed E-state index contributed by atoms with van der Waals surface area (Å²) in [4.78, 5) is 22.6. The lowest BCUT2D eigenvalue weighted by Crippen LogP contribution is -2.47. The van der Waals surface area contributed by atoms with E-state index < -0.39 is 24.0 Å². The summed E-state index contributed by atoms with van der Waals surface area (Å²) in [6, 6.07) is 2.48. The number of aromatic hydroxyl groups is 1. The van der Waals surface area contributed by atoms with Gasteiger partial charge in [0.1, 0.15) is 0 Å². The molecule has 0 aromatic heterocycles. The fourth-order valence-corrected chi connectivity index (χ4v) is 1.44. The van der Waals surface area contributed by atoms with Crippen LogP contribution in [0.1, 0.15) is 17.3 Å². The van der Waals surface area contributed by atoms with Gasteiger partial charge < -0.3 is 25.4 Å². The zero-order valence-corrected chi connectivity index (χ0v) is 10.5. The Labute approximate surface area is 109 Å². The van der Waals surface area contributed by atoms with Gasteiger partial charge in [-0.3, -0.25) is 4.79 Å². The van der Waals surface area contributed by atoms with Gasteiger partial charge in [0.2, 0.25) is 0 Å². The Bertz CT molecular complexity index is 485. The first-order valence-electron chi connectivity index (χ1n) is 5.45. The number of carboxylic acids is 1. The number of carbonyl (C=O) groups excluding carboxylic acids is 1. The third kappa shape index (κ3) is 3.59. The zero-order chi connectivity index (χ0) is 14.6. The summed E-state index contributed by atoms with van der Waals surface area (Å²) < 4.78 is 4.82. The molecule has 1 aromatic rings. The average Bonchev–Trinajstić information content (AvgIpc) is 2.34. The molecule has 0 aliphatic heterocycles. The zero-order valence-electron chi connectivity index (χ0n) is 10.5. The number of phenols is 1. The molecular formula is C12H15NO6. The van der Waals surface area contributed by atoms with Crippen LogP contribution in [0.15, 0.2) is 18.2 Å². The normalized spacial score (nSPS) is 13.4. The van der Waals surface area contributed by atoms with Crippen LogP contribution in [0.3, 0.4) is 0 Å². The van der Waals surface area contributed by atoms with Gasteiger partial charge in [-0.15, -0.1) is 0 Å². The minimum atomic E-state index is -1.42. The number of aliphatic hydroxyl groups is 1. The Morgan fingerprint density at radius 1 is 1.37 bits per heavy atom. The van der Waals surface area contributed by atoms with Gasteiger partial charge in [0.15, 0.2) is 17.5 Å². The highest BCUT2D eigenvalue weighted by molar-refractivity contribution is 5.97. The van der Waals surface area contributed by atoms with Crippen LogP contribution in [0, 0.1) is 0 Å².